The Labute approximate surface area is 146 Å². The summed E-state index contributed by atoms with van der Waals surface area (Å²) in [4.78, 5) is 16.6. The van der Waals surface area contributed by atoms with E-state index in [1.54, 1.807) is 17.1 Å². The monoisotopic (exact) mass is 339 g/mol. The van der Waals surface area contributed by atoms with Crippen molar-refractivity contribution in [1.82, 2.24) is 20.1 Å². The van der Waals surface area contributed by atoms with E-state index >= 15 is 0 Å². The highest BCUT2D eigenvalue weighted by Gasteiger charge is 2.13. The Hall–Kier alpha value is -3.09. The predicted octanol–water partition coefficient (Wildman–Crippen LogP) is 3.57. The van der Waals surface area contributed by atoms with Gasteiger partial charge in [0.1, 0.15) is 6.26 Å². The van der Waals surface area contributed by atoms with Gasteiger partial charge in [0.15, 0.2) is 0 Å². The summed E-state index contributed by atoms with van der Waals surface area (Å²) in [7, 11) is 1.84. The molecule has 3 rings (SSSR count). The highest BCUT2D eigenvalue weighted by atomic mass is 16.3. The molecule has 0 aliphatic heterocycles. The molecule has 0 aliphatic rings. The number of oxazole rings is 1. The molecule has 1 aromatic carbocycles. The molecule has 0 aliphatic carbocycles. The lowest BCUT2D eigenvalue weighted by molar-refractivity contribution is 0.249. The third kappa shape index (κ3) is 3.88. The van der Waals surface area contributed by atoms with Crippen LogP contribution in [-0.4, -0.2) is 20.8 Å². The van der Waals surface area contributed by atoms with Gasteiger partial charge in [0.05, 0.1) is 17.9 Å². The first-order valence-corrected chi connectivity index (χ1v) is 8.01. The Bertz CT molecular complexity index is 897. The molecule has 2 N–H and O–H groups in total. The third-order valence-corrected chi connectivity index (χ3v) is 3.92. The topological polar surface area (TPSA) is 85.0 Å². The van der Waals surface area contributed by atoms with Crippen LogP contribution >= 0.6 is 0 Å². The van der Waals surface area contributed by atoms with E-state index in [1.165, 1.54) is 0 Å². The summed E-state index contributed by atoms with van der Waals surface area (Å²) >= 11 is 0. The summed E-state index contributed by atoms with van der Waals surface area (Å²) in [5.41, 5.74) is 4.31. The molecule has 2 aromatic heterocycles. The molecule has 25 heavy (non-hydrogen) atoms. The van der Waals surface area contributed by atoms with Gasteiger partial charge in [-0.25, -0.2) is 9.78 Å². The molecule has 0 saturated heterocycles. The van der Waals surface area contributed by atoms with Crippen LogP contribution < -0.4 is 10.6 Å². The summed E-state index contributed by atoms with van der Waals surface area (Å²) in [6.45, 7) is 5.76. The van der Waals surface area contributed by atoms with Gasteiger partial charge in [-0.15, -0.1) is 0 Å². The maximum Gasteiger partial charge on any atom is 0.319 e. The van der Waals surface area contributed by atoms with Gasteiger partial charge in [0.25, 0.3) is 0 Å². The number of amides is 2. The van der Waals surface area contributed by atoms with Gasteiger partial charge in [0.2, 0.25) is 5.89 Å². The van der Waals surface area contributed by atoms with Crippen LogP contribution in [0.1, 0.15) is 29.8 Å². The van der Waals surface area contributed by atoms with Crippen molar-refractivity contribution in [3.8, 4) is 11.5 Å². The molecular weight excluding hydrogens is 318 g/mol. The Morgan fingerprint density at radius 1 is 1.32 bits per heavy atom. The van der Waals surface area contributed by atoms with E-state index in [0.29, 0.717) is 11.6 Å². The minimum atomic E-state index is -0.283. The van der Waals surface area contributed by atoms with Gasteiger partial charge < -0.3 is 15.1 Å². The minimum absolute atomic E-state index is 0.145. The zero-order valence-corrected chi connectivity index (χ0v) is 14.7. The fourth-order valence-electron chi connectivity index (χ4n) is 2.52. The molecule has 7 heteroatoms. The van der Waals surface area contributed by atoms with Gasteiger partial charge in [-0.1, -0.05) is 6.07 Å². The molecule has 1 atom stereocenters. The first-order chi connectivity index (χ1) is 11.9. The van der Waals surface area contributed by atoms with Crippen LogP contribution in [0.3, 0.4) is 0 Å². The lowest BCUT2D eigenvalue weighted by atomic mass is 10.1. The number of benzene rings is 1. The smallest absolute Gasteiger partial charge is 0.319 e. The van der Waals surface area contributed by atoms with E-state index in [1.807, 2.05) is 52.2 Å². The number of hydrogen-bond acceptors (Lipinski definition) is 4. The van der Waals surface area contributed by atoms with E-state index < -0.39 is 0 Å². The van der Waals surface area contributed by atoms with Gasteiger partial charge in [-0.2, -0.15) is 5.10 Å². The molecule has 0 saturated carbocycles. The van der Waals surface area contributed by atoms with Gasteiger partial charge in [-0.05, 0) is 38.5 Å². The highest BCUT2D eigenvalue weighted by Crippen LogP contribution is 2.26. The fourth-order valence-corrected chi connectivity index (χ4v) is 2.52. The summed E-state index contributed by atoms with van der Waals surface area (Å²) in [5.74, 6) is 0.544. The van der Waals surface area contributed by atoms with Gasteiger partial charge >= 0.3 is 6.03 Å². The Morgan fingerprint density at radius 2 is 2.12 bits per heavy atom. The van der Waals surface area contributed by atoms with E-state index in [9.17, 15) is 4.79 Å². The molecule has 0 spiro atoms. The number of carbonyl (C=O) groups excluding carboxylic acids is 1. The molecule has 2 heterocycles. The maximum atomic E-state index is 12.3. The number of hydrogen-bond donors (Lipinski definition) is 2. The second kappa shape index (κ2) is 6.80. The summed E-state index contributed by atoms with van der Waals surface area (Å²) in [5, 5.41) is 9.85. The normalized spacial score (nSPS) is 12.0. The summed E-state index contributed by atoms with van der Waals surface area (Å²) < 4.78 is 7.17. The van der Waals surface area contributed by atoms with Crippen LogP contribution in [0.2, 0.25) is 0 Å². The van der Waals surface area contributed by atoms with Crippen LogP contribution in [0.5, 0.6) is 0 Å². The van der Waals surface area contributed by atoms with Crippen molar-refractivity contribution in [2.45, 2.75) is 26.8 Å². The minimum Gasteiger partial charge on any atom is -0.444 e. The summed E-state index contributed by atoms with van der Waals surface area (Å²) in [6, 6.07) is 5.20. The first-order valence-electron chi connectivity index (χ1n) is 8.01. The second-order valence-corrected chi connectivity index (χ2v) is 6.09. The van der Waals surface area contributed by atoms with Gasteiger partial charge in [-0.3, -0.25) is 4.68 Å². The number of nitrogens with one attached hydrogen (secondary N) is 2. The zero-order valence-electron chi connectivity index (χ0n) is 14.7. The highest BCUT2D eigenvalue weighted by molar-refractivity contribution is 5.90. The molecule has 0 bridgehead atoms. The number of carbonyl (C=O) groups is 1. The Morgan fingerprint density at radius 3 is 2.76 bits per heavy atom. The number of aromatic nitrogens is 3. The van der Waals surface area contributed by atoms with Crippen molar-refractivity contribution in [3.05, 3.63) is 53.7 Å². The van der Waals surface area contributed by atoms with E-state index in [2.05, 4.69) is 20.7 Å². The molecule has 3 aromatic rings. The van der Waals surface area contributed by atoms with Crippen LogP contribution in [0.4, 0.5) is 10.5 Å². The van der Waals surface area contributed by atoms with Crippen LogP contribution in [0.25, 0.3) is 11.5 Å². The van der Waals surface area contributed by atoms with Crippen molar-refractivity contribution in [2.24, 2.45) is 7.05 Å². The van der Waals surface area contributed by atoms with Crippen molar-refractivity contribution < 1.29 is 9.21 Å². The molecule has 7 nitrogen and oxygen atoms in total. The SMILES string of the molecule is Cc1coc(-c2cc(NC(=O)N[C@@H](C)c3cnn(C)c3)ccc2C)n1. The maximum absolute atomic E-state index is 12.3. The molecule has 2 amide bonds. The quantitative estimate of drug-likeness (QED) is 0.761. The lowest BCUT2D eigenvalue weighted by Gasteiger charge is -2.14. The molecule has 0 fully saturated rings. The van der Waals surface area contributed by atoms with Crippen LogP contribution in [0, 0.1) is 13.8 Å². The average molecular weight is 339 g/mol. The van der Waals surface area contributed by atoms with E-state index in [4.69, 9.17) is 4.42 Å². The second-order valence-electron chi connectivity index (χ2n) is 6.09. The van der Waals surface area contributed by atoms with Crippen LogP contribution in [-0.2, 0) is 7.05 Å². The number of nitrogens with zero attached hydrogens (tertiary/aromatic N) is 3. The van der Waals surface area contributed by atoms with Crippen molar-refractivity contribution in [2.75, 3.05) is 5.32 Å². The number of urea groups is 1. The standard InChI is InChI=1S/C18H21N5O2/c1-11-5-6-15(7-16(11)17-20-12(2)10-25-17)22-18(24)21-13(3)14-8-19-23(4)9-14/h5-10,13H,1-4H3,(H2,21,22,24)/t13-/m0/s1. The van der Waals surface area contributed by atoms with E-state index in [0.717, 1.165) is 22.4 Å². The zero-order chi connectivity index (χ0) is 18.0. The molecule has 0 unspecified atom stereocenters. The summed E-state index contributed by atoms with van der Waals surface area (Å²) in [6.07, 6.45) is 5.22. The first kappa shape index (κ1) is 16.8. The van der Waals surface area contributed by atoms with Crippen LogP contribution in [0.15, 0.2) is 41.3 Å². The third-order valence-electron chi connectivity index (χ3n) is 3.92. The predicted molar refractivity (Wildman–Crippen MR) is 95.2 cm³/mol. The number of anilines is 1. The number of aryl methyl sites for hydroxylation is 3. The number of rotatable bonds is 4. The molecule has 130 valence electrons. The molecular formula is C18H21N5O2. The Balaban J connectivity index is 1.71. The van der Waals surface area contributed by atoms with Gasteiger partial charge in [0, 0.05) is 30.1 Å². The van der Waals surface area contributed by atoms with Crippen molar-refractivity contribution >= 4 is 11.7 Å². The molecule has 0 radical (unpaired) electrons. The fraction of sp³-hybridized carbons (Fsp3) is 0.278. The largest absolute Gasteiger partial charge is 0.444 e. The Kier molecular flexibility index (Phi) is 4.56. The average Bonchev–Trinajstić information content (AvgIpc) is 3.17. The van der Waals surface area contributed by atoms with Crippen molar-refractivity contribution in [3.63, 3.8) is 0 Å². The lowest BCUT2D eigenvalue weighted by Crippen LogP contribution is -2.31. The van der Waals surface area contributed by atoms with Crippen molar-refractivity contribution in [1.29, 1.82) is 0 Å². The van der Waals surface area contributed by atoms with E-state index in [-0.39, 0.29) is 12.1 Å².